The van der Waals surface area contributed by atoms with Crippen LogP contribution in [0.4, 0.5) is 13.2 Å². The standard InChI is InChI=1S/C18H12F3N3O/c1-24-7-6-13-15-9-22-10-23-16(15)8-14(17(13)24)11-2-4-12(5-3-11)25-18(19,20)21/h2-10H,1H3. The maximum Gasteiger partial charge on any atom is 0.573 e. The number of alkyl halides is 3. The quantitative estimate of drug-likeness (QED) is 0.530. The van der Waals surface area contributed by atoms with Gasteiger partial charge in [-0.2, -0.15) is 0 Å². The number of aryl methyl sites for hydroxylation is 1. The summed E-state index contributed by atoms with van der Waals surface area (Å²) in [4.78, 5) is 8.38. The van der Waals surface area contributed by atoms with Crippen LogP contribution in [0.15, 0.2) is 55.1 Å². The highest BCUT2D eigenvalue weighted by molar-refractivity contribution is 6.11. The fourth-order valence-electron chi connectivity index (χ4n) is 3.01. The number of nitrogens with zero attached hydrogens (tertiary/aromatic N) is 3. The van der Waals surface area contributed by atoms with E-state index in [2.05, 4.69) is 14.7 Å². The van der Waals surface area contributed by atoms with Gasteiger partial charge in [0.25, 0.3) is 0 Å². The van der Waals surface area contributed by atoms with E-state index in [9.17, 15) is 13.2 Å². The molecule has 4 nitrogen and oxygen atoms in total. The summed E-state index contributed by atoms with van der Waals surface area (Å²) < 4.78 is 42.9. The van der Waals surface area contributed by atoms with Crippen molar-refractivity contribution in [2.45, 2.75) is 6.36 Å². The van der Waals surface area contributed by atoms with Crippen LogP contribution in [0, 0.1) is 0 Å². The molecule has 0 atom stereocenters. The van der Waals surface area contributed by atoms with Gasteiger partial charge in [0.15, 0.2) is 0 Å². The molecule has 0 amide bonds. The first-order chi connectivity index (χ1) is 11.9. The van der Waals surface area contributed by atoms with Crippen molar-refractivity contribution in [1.29, 1.82) is 0 Å². The molecule has 126 valence electrons. The Labute approximate surface area is 140 Å². The average Bonchev–Trinajstić information content (AvgIpc) is 2.96. The largest absolute Gasteiger partial charge is 0.573 e. The summed E-state index contributed by atoms with van der Waals surface area (Å²) in [6.45, 7) is 0. The zero-order valence-electron chi connectivity index (χ0n) is 13.1. The van der Waals surface area contributed by atoms with Crippen molar-refractivity contribution in [3.63, 3.8) is 0 Å². The zero-order valence-corrected chi connectivity index (χ0v) is 13.1. The molecule has 4 rings (SSSR count). The van der Waals surface area contributed by atoms with Gasteiger partial charge in [-0.05, 0) is 29.8 Å². The van der Waals surface area contributed by atoms with E-state index in [1.807, 2.05) is 29.9 Å². The third-order valence-electron chi connectivity index (χ3n) is 4.04. The highest BCUT2D eigenvalue weighted by atomic mass is 19.4. The molecule has 25 heavy (non-hydrogen) atoms. The Morgan fingerprint density at radius 3 is 2.52 bits per heavy atom. The Bertz CT molecular complexity index is 1070. The molecule has 0 unspecified atom stereocenters. The van der Waals surface area contributed by atoms with Crippen molar-refractivity contribution < 1.29 is 17.9 Å². The minimum Gasteiger partial charge on any atom is -0.406 e. The second-order valence-corrected chi connectivity index (χ2v) is 5.64. The van der Waals surface area contributed by atoms with Crippen molar-refractivity contribution in [2.24, 2.45) is 7.05 Å². The normalized spacial score (nSPS) is 12.0. The van der Waals surface area contributed by atoms with Gasteiger partial charge < -0.3 is 9.30 Å². The fraction of sp³-hybridized carbons (Fsp3) is 0.111. The lowest BCUT2D eigenvalue weighted by atomic mass is 10.00. The van der Waals surface area contributed by atoms with Crippen LogP contribution in [0.25, 0.3) is 32.9 Å². The maximum absolute atomic E-state index is 12.3. The van der Waals surface area contributed by atoms with Crippen LogP contribution in [-0.2, 0) is 7.05 Å². The third kappa shape index (κ3) is 2.77. The highest BCUT2D eigenvalue weighted by Gasteiger charge is 2.31. The molecule has 0 fully saturated rings. The van der Waals surface area contributed by atoms with Gasteiger partial charge in [-0.15, -0.1) is 13.2 Å². The average molecular weight is 343 g/mol. The van der Waals surface area contributed by atoms with Gasteiger partial charge in [0.2, 0.25) is 0 Å². The molecule has 0 saturated carbocycles. The number of hydrogen-bond acceptors (Lipinski definition) is 3. The number of hydrogen-bond donors (Lipinski definition) is 0. The van der Waals surface area contributed by atoms with Gasteiger partial charge in [-0.1, -0.05) is 12.1 Å². The second-order valence-electron chi connectivity index (χ2n) is 5.64. The van der Waals surface area contributed by atoms with E-state index >= 15 is 0 Å². The maximum atomic E-state index is 12.3. The van der Waals surface area contributed by atoms with Crippen molar-refractivity contribution in [2.75, 3.05) is 0 Å². The van der Waals surface area contributed by atoms with E-state index in [1.165, 1.54) is 18.5 Å². The highest BCUT2D eigenvalue weighted by Crippen LogP contribution is 2.35. The number of aromatic nitrogens is 3. The lowest BCUT2D eigenvalue weighted by Crippen LogP contribution is -2.16. The summed E-state index contributed by atoms with van der Waals surface area (Å²) in [6.07, 6.45) is 0.463. The third-order valence-corrected chi connectivity index (χ3v) is 4.04. The number of halogens is 3. The summed E-state index contributed by atoms with van der Waals surface area (Å²) >= 11 is 0. The molecule has 2 aromatic carbocycles. The summed E-state index contributed by atoms with van der Waals surface area (Å²) in [7, 11) is 1.92. The van der Waals surface area contributed by atoms with Crippen molar-refractivity contribution in [3.05, 3.63) is 55.1 Å². The van der Waals surface area contributed by atoms with E-state index in [0.717, 1.165) is 32.9 Å². The first-order valence-corrected chi connectivity index (χ1v) is 7.46. The van der Waals surface area contributed by atoms with E-state index < -0.39 is 6.36 Å². The van der Waals surface area contributed by atoms with Crippen LogP contribution >= 0.6 is 0 Å². The Hall–Kier alpha value is -3.09. The van der Waals surface area contributed by atoms with E-state index in [-0.39, 0.29) is 5.75 Å². The van der Waals surface area contributed by atoms with Crippen LogP contribution in [-0.4, -0.2) is 20.9 Å². The summed E-state index contributed by atoms with van der Waals surface area (Å²) in [6, 6.07) is 9.72. The molecule has 0 N–H and O–H groups in total. The minimum atomic E-state index is -4.70. The Morgan fingerprint density at radius 1 is 1.04 bits per heavy atom. The molecule has 0 spiro atoms. The van der Waals surface area contributed by atoms with Crippen LogP contribution in [0.3, 0.4) is 0 Å². The molecule has 0 saturated heterocycles. The number of benzene rings is 2. The molecule has 0 aliphatic carbocycles. The topological polar surface area (TPSA) is 39.9 Å². The van der Waals surface area contributed by atoms with Crippen molar-refractivity contribution in [3.8, 4) is 16.9 Å². The first-order valence-electron chi connectivity index (χ1n) is 7.46. The molecule has 2 aromatic heterocycles. The molecule has 2 heterocycles. The van der Waals surface area contributed by atoms with Gasteiger partial charge in [0.1, 0.15) is 12.1 Å². The minimum absolute atomic E-state index is 0.248. The Balaban J connectivity index is 1.89. The second kappa shape index (κ2) is 5.47. The lowest BCUT2D eigenvalue weighted by molar-refractivity contribution is -0.274. The Kier molecular flexibility index (Phi) is 3.38. The number of fused-ring (bicyclic) bond motifs is 3. The predicted molar refractivity (Wildman–Crippen MR) is 88.1 cm³/mol. The number of rotatable bonds is 2. The SMILES string of the molecule is Cn1ccc2c3cncnc3cc(-c3ccc(OC(F)(F)F)cc3)c21. The lowest BCUT2D eigenvalue weighted by Gasteiger charge is -2.11. The van der Waals surface area contributed by atoms with Gasteiger partial charge >= 0.3 is 6.36 Å². The fourth-order valence-corrected chi connectivity index (χ4v) is 3.01. The van der Waals surface area contributed by atoms with Crippen LogP contribution in [0.1, 0.15) is 0 Å². The smallest absolute Gasteiger partial charge is 0.406 e. The van der Waals surface area contributed by atoms with Crippen LogP contribution in [0.2, 0.25) is 0 Å². The molecular formula is C18H12F3N3O. The van der Waals surface area contributed by atoms with Crippen LogP contribution < -0.4 is 4.74 Å². The molecule has 0 bridgehead atoms. The molecule has 0 aliphatic heterocycles. The predicted octanol–water partition coefficient (Wildman–Crippen LogP) is 4.69. The summed E-state index contributed by atoms with van der Waals surface area (Å²) in [5.74, 6) is -0.248. The summed E-state index contributed by atoms with van der Waals surface area (Å²) in [5, 5.41) is 1.92. The molecular weight excluding hydrogens is 331 g/mol. The van der Waals surface area contributed by atoms with Gasteiger partial charge in [0, 0.05) is 35.8 Å². The molecule has 7 heteroatoms. The van der Waals surface area contributed by atoms with E-state index in [0.29, 0.717) is 0 Å². The van der Waals surface area contributed by atoms with Crippen molar-refractivity contribution >= 4 is 21.8 Å². The number of ether oxygens (including phenoxy) is 1. The molecule has 0 radical (unpaired) electrons. The first kappa shape index (κ1) is 15.4. The zero-order chi connectivity index (χ0) is 17.6. The van der Waals surface area contributed by atoms with E-state index in [4.69, 9.17) is 0 Å². The Morgan fingerprint density at radius 2 is 1.80 bits per heavy atom. The summed E-state index contributed by atoms with van der Waals surface area (Å²) in [5.41, 5.74) is 3.40. The monoisotopic (exact) mass is 343 g/mol. The van der Waals surface area contributed by atoms with Gasteiger partial charge in [0.05, 0.1) is 11.0 Å². The van der Waals surface area contributed by atoms with Crippen LogP contribution in [0.5, 0.6) is 5.75 Å². The van der Waals surface area contributed by atoms with Gasteiger partial charge in [-0.25, -0.2) is 9.97 Å². The van der Waals surface area contributed by atoms with Gasteiger partial charge in [-0.3, -0.25) is 0 Å². The van der Waals surface area contributed by atoms with E-state index in [1.54, 1.807) is 18.3 Å². The molecule has 0 aliphatic rings. The van der Waals surface area contributed by atoms with Crippen molar-refractivity contribution in [1.82, 2.24) is 14.5 Å². The molecule has 4 aromatic rings.